The Morgan fingerprint density at radius 1 is 0.977 bits per heavy atom. The van der Waals surface area contributed by atoms with Gasteiger partial charge in [-0.3, -0.25) is 9.80 Å². The van der Waals surface area contributed by atoms with Gasteiger partial charge in [0.2, 0.25) is 0 Å². The summed E-state index contributed by atoms with van der Waals surface area (Å²) in [6.45, 7) is 10.9. The van der Waals surface area contributed by atoms with E-state index in [-0.39, 0.29) is 12.1 Å². The summed E-state index contributed by atoms with van der Waals surface area (Å²) in [5.74, 6) is 8.40. The Labute approximate surface area is 254 Å². The number of imidazole rings is 2. The molecule has 43 heavy (non-hydrogen) atoms. The van der Waals surface area contributed by atoms with Gasteiger partial charge in [-0.05, 0) is 107 Å². The van der Waals surface area contributed by atoms with E-state index in [1.165, 1.54) is 19.3 Å². The first-order valence-electron chi connectivity index (χ1n) is 15.7. The Morgan fingerprint density at radius 2 is 1.74 bits per heavy atom. The van der Waals surface area contributed by atoms with Crippen LogP contribution in [0.4, 0.5) is 4.79 Å². The van der Waals surface area contributed by atoms with Gasteiger partial charge in [-0.1, -0.05) is 37.5 Å². The van der Waals surface area contributed by atoms with E-state index in [2.05, 4.69) is 75.0 Å². The molecule has 1 amide bonds. The highest BCUT2D eigenvalue weighted by molar-refractivity contribution is 5.82. The third-order valence-electron chi connectivity index (χ3n) is 8.33. The molecule has 2 unspecified atom stereocenters. The number of benzene rings is 2. The Morgan fingerprint density at radius 3 is 2.53 bits per heavy atom. The van der Waals surface area contributed by atoms with E-state index in [4.69, 9.17) is 9.72 Å². The zero-order chi connectivity index (χ0) is 30.0. The lowest BCUT2D eigenvalue weighted by molar-refractivity contribution is 0.0219. The van der Waals surface area contributed by atoms with Gasteiger partial charge < -0.3 is 14.7 Å². The SMILES string of the molecule is CCCCN1CCCC1c1ncc(C#Cc2ccc(-c3ccc4nc(C5CCCN5C(=O)OC(C)(C)C)[nH]c4c3)cc2)[nH]1. The first-order valence-corrected chi connectivity index (χ1v) is 15.7. The number of carbonyl (C=O) groups excluding carboxylic acids is 1. The summed E-state index contributed by atoms with van der Waals surface area (Å²) in [6.07, 6.45) is 8.20. The number of amides is 1. The number of aromatic nitrogens is 4. The van der Waals surface area contributed by atoms with Crippen LogP contribution in [0.3, 0.4) is 0 Å². The highest BCUT2D eigenvalue weighted by Gasteiger charge is 2.35. The van der Waals surface area contributed by atoms with Crippen molar-refractivity contribution in [3.05, 3.63) is 71.6 Å². The van der Waals surface area contributed by atoms with Gasteiger partial charge in [-0.2, -0.15) is 0 Å². The topological polar surface area (TPSA) is 90.1 Å². The molecule has 2 aliphatic rings. The highest BCUT2D eigenvalue weighted by atomic mass is 16.6. The van der Waals surface area contributed by atoms with Crippen molar-refractivity contribution in [3.8, 4) is 23.0 Å². The molecule has 2 atom stereocenters. The summed E-state index contributed by atoms with van der Waals surface area (Å²) in [7, 11) is 0. The van der Waals surface area contributed by atoms with Crippen LogP contribution >= 0.6 is 0 Å². The number of nitrogens with zero attached hydrogens (tertiary/aromatic N) is 4. The molecule has 2 N–H and O–H groups in total. The number of ether oxygens (including phenoxy) is 1. The normalized spacial score (nSPS) is 19.1. The number of nitrogens with one attached hydrogen (secondary N) is 2. The largest absolute Gasteiger partial charge is 0.444 e. The summed E-state index contributed by atoms with van der Waals surface area (Å²) >= 11 is 0. The highest BCUT2D eigenvalue weighted by Crippen LogP contribution is 2.34. The molecule has 0 spiro atoms. The fraction of sp³-hybridized carbons (Fsp3) is 0.457. The van der Waals surface area contributed by atoms with Crippen molar-refractivity contribution in [3.63, 3.8) is 0 Å². The van der Waals surface area contributed by atoms with Gasteiger partial charge in [0.25, 0.3) is 0 Å². The number of unbranched alkanes of at least 4 members (excludes halogenated alkanes) is 1. The van der Waals surface area contributed by atoms with Crippen molar-refractivity contribution >= 4 is 17.1 Å². The number of carbonyl (C=O) groups is 1. The van der Waals surface area contributed by atoms with Gasteiger partial charge >= 0.3 is 6.09 Å². The summed E-state index contributed by atoms with van der Waals surface area (Å²) < 4.78 is 5.64. The molecule has 8 nitrogen and oxygen atoms in total. The Balaban J connectivity index is 1.13. The molecule has 2 saturated heterocycles. The van der Waals surface area contributed by atoms with Gasteiger partial charge in [0.15, 0.2) is 0 Å². The van der Waals surface area contributed by atoms with E-state index in [1.807, 2.05) is 33.0 Å². The first-order chi connectivity index (χ1) is 20.8. The van der Waals surface area contributed by atoms with Crippen LogP contribution in [0.15, 0.2) is 48.7 Å². The number of hydrogen-bond acceptors (Lipinski definition) is 5. The lowest BCUT2D eigenvalue weighted by Crippen LogP contribution is -2.36. The summed E-state index contributed by atoms with van der Waals surface area (Å²) in [4.78, 5) is 33.6. The number of fused-ring (bicyclic) bond motifs is 1. The minimum Gasteiger partial charge on any atom is -0.444 e. The zero-order valence-corrected chi connectivity index (χ0v) is 25.7. The third-order valence-corrected chi connectivity index (χ3v) is 8.33. The van der Waals surface area contributed by atoms with E-state index < -0.39 is 5.60 Å². The van der Waals surface area contributed by atoms with Crippen LogP contribution in [-0.4, -0.2) is 61.1 Å². The van der Waals surface area contributed by atoms with Crippen molar-refractivity contribution in [1.29, 1.82) is 0 Å². The molecule has 2 aromatic heterocycles. The predicted octanol–water partition coefficient (Wildman–Crippen LogP) is 7.36. The molecule has 0 bridgehead atoms. The van der Waals surface area contributed by atoms with Crippen molar-refractivity contribution < 1.29 is 9.53 Å². The fourth-order valence-electron chi connectivity index (χ4n) is 6.18. The average molecular weight is 579 g/mol. The van der Waals surface area contributed by atoms with Gasteiger partial charge in [0, 0.05) is 12.1 Å². The molecule has 224 valence electrons. The van der Waals surface area contributed by atoms with Gasteiger partial charge in [0.1, 0.15) is 22.9 Å². The number of H-pyrrole nitrogens is 2. The molecule has 4 aromatic rings. The van der Waals surface area contributed by atoms with Gasteiger partial charge in [0.05, 0.1) is 29.3 Å². The van der Waals surface area contributed by atoms with E-state index in [0.29, 0.717) is 12.6 Å². The minimum atomic E-state index is -0.526. The van der Waals surface area contributed by atoms with E-state index in [1.54, 1.807) is 4.90 Å². The molecule has 2 aromatic carbocycles. The number of aromatic amines is 2. The number of hydrogen-bond donors (Lipinski definition) is 2. The maximum absolute atomic E-state index is 12.8. The fourth-order valence-corrected chi connectivity index (χ4v) is 6.18. The van der Waals surface area contributed by atoms with Crippen molar-refractivity contribution in [1.82, 2.24) is 29.7 Å². The minimum absolute atomic E-state index is 0.104. The molecule has 8 heteroatoms. The predicted molar refractivity (Wildman–Crippen MR) is 169 cm³/mol. The first kappa shape index (κ1) is 29.0. The van der Waals surface area contributed by atoms with Gasteiger partial charge in [-0.15, -0.1) is 0 Å². The van der Waals surface area contributed by atoms with Crippen LogP contribution in [0.5, 0.6) is 0 Å². The lowest BCUT2D eigenvalue weighted by atomic mass is 10.0. The van der Waals surface area contributed by atoms with Crippen LogP contribution < -0.4 is 0 Å². The van der Waals surface area contributed by atoms with Crippen LogP contribution in [0, 0.1) is 11.8 Å². The molecule has 2 aliphatic heterocycles. The third kappa shape index (κ3) is 6.62. The lowest BCUT2D eigenvalue weighted by Gasteiger charge is -2.27. The van der Waals surface area contributed by atoms with E-state index in [0.717, 1.165) is 77.4 Å². The maximum atomic E-state index is 12.8. The van der Waals surface area contributed by atoms with Crippen LogP contribution in [0.2, 0.25) is 0 Å². The maximum Gasteiger partial charge on any atom is 0.410 e. The van der Waals surface area contributed by atoms with Crippen molar-refractivity contribution in [2.75, 3.05) is 19.6 Å². The van der Waals surface area contributed by atoms with Crippen LogP contribution in [0.25, 0.3) is 22.2 Å². The Bertz CT molecular complexity index is 1630. The van der Waals surface area contributed by atoms with Gasteiger partial charge in [-0.25, -0.2) is 14.8 Å². The van der Waals surface area contributed by atoms with E-state index in [9.17, 15) is 4.79 Å². The molecular weight excluding hydrogens is 536 g/mol. The van der Waals surface area contributed by atoms with Crippen LogP contribution in [-0.2, 0) is 4.74 Å². The second-order valence-corrected chi connectivity index (χ2v) is 12.7. The molecule has 6 rings (SSSR count). The van der Waals surface area contributed by atoms with E-state index >= 15 is 0 Å². The number of rotatable bonds is 6. The van der Waals surface area contributed by atoms with Crippen molar-refractivity contribution in [2.45, 2.75) is 83.9 Å². The molecule has 0 aliphatic carbocycles. The molecular formula is C35H42N6O2. The van der Waals surface area contributed by atoms with Crippen LogP contribution in [0.1, 0.15) is 101 Å². The molecule has 0 saturated carbocycles. The second-order valence-electron chi connectivity index (χ2n) is 12.7. The molecule has 2 fully saturated rings. The second kappa shape index (κ2) is 12.3. The summed E-state index contributed by atoms with van der Waals surface area (Å²) in [6, 6.07) is 14.9. The molecule has 0 radical (unpaired) electrons. The Kier molecular flexibility index (Phi) is 8.27. The quantitative estimate of drug-likeness (QED) is 0.233. The molecule has 4 heterocycles. The number of likely N-dealkylation sites (tertiary alicyclic amines) is 2. The summed E-state index contributed by atoms with van der Waals surface area (Å²) in [5, 5.41) is 0. The summed E-state index contributed by atoms with van der Waals surface area (Å²) in [5.41, 5.74) is 5.34. The standard InChI is InChI=1S/C35H42N6O2/c1-5-6-19-40-20-7-9-30(40)32-36-23-27(37-32)17-13-24-11-14-25(15-12-24)26-16-18-28-29(22-26)39-33(38-28)31-10-8-21-41(31)34(42)43-35(2,3)4/h11-12,14-16,18,22-23,30-31H,5-10,19-21H2,1-4H3,(H,36,37)(H,38,39). The Hall–Kier alpha value is -4.09. The monoisotopic (exact) mass is 578 g/mol. The van der Waals surface area contributed by atoms with Crippen molar-refractivity contribution in [2.24, 2.45) is 0 Å². The smallest absolute Gasteiger partial charge is 0.410 e. The zero-order valence-electron chi connectivity index (χ0n) is 25.7. The average Bonchev–Trinajstić information content (AvgIpc) is 3.79.